The number of ether oxygens (including phenoxy) is 2. The third-order valence-electron chi connectivity index (χ3n) is 4.21. The minimum absolute atomic E-state index is 0.0288. The van der Waals surface area contributed by atoms with E-state index < -0.39 is 22.9 Å². The average molecular weight is 360 g/mol. The Balaban J connectivity index is 1.83. The first-order chi connectivity index (χ1) is 12.5. The first-order valence-corrected chi connectivity index (χ1v) is 7.97. The van der Waals surface area contributed by atoms with Crippen molar-refractivity contribution in [2.45, 2.75) is 12.1 Å². The molecule has 0 bridgehead atoms. The molecule has 26 heavy (non-hydrogen) atoms. The summed E-state index contributed by atoms with van der Waals surface area (Å²) in [4.78, 5) is 24.4. The summed E-state index contributed by atoms with van der Waals surface area (Å²) in [5.41, 5.74) is 0.692. The molecule has 1 aliphatic heterocycles. The molecule has 0 unspecified atom stereocenters. The fraction of sp³-hybridized carbons (Fsp3) is 0.278. The highest BCUT2D eigenvalue weighted by atomic mass is 19.1. The van der Waals surface area contributed by atoms with Gasteiger partial charge in [-0.05, 0) is 42.0 Å². The molecule has 0 aromatic heterocycles. The number of benzene rings is 2. The highest BCUT2D eigenvalue weighted by Crippen LogP contribution is 2.38. The van der Waals surface area contributed by atoms with Gasteiger partial charge in [0, 0.05) is 25.8 Å². The van der Waals surface area contributed by atoms with E-state index in [1.165, 1.54) is 43.5 Å². The van der Waals surface area contributed by atoms with Gasteiger partial charge in [0.15, 0.2) is 0 Å². The topological polar surface area (TPSA) is 81.9 Å². The van der Waals surface area contributed by atoms with Gasteiger partial charge in [-0.2, -0.15) is 0 Å². The van der Waals surface area contributed by atoms with Gasteiger partial charge in [-0.3, -0.25) is 14.9 Å². The second-order valence-electron chi connectivity index (χ2n) is 5.81. The molecule has 1 amide bonds. The molecular weight excluding hydrogens is 343 g/mol. The molecule has 2 atom stereocenters. The Morgan fingerprint density at radius 1 is 1.15 bits per heavy atom. The maximum Gasteiger partial charge on any atom is 0.269 e. The molecule has 1 aliphatic rings. The predicted molar refractivity (Wildman–Crippen MR) is 90.2 cm³/mol. The summed E-state index contributed by atoms with van der Waals surface area (Å²) in [6.07, 6.45) is -0.779. The third kappa shape index (κ3) is 3.50. The van der Waals surface area contributed by atoms with Crippen molar-refractivity contribution in [1.29, 1.82) is 0 Å². The van der Waals surface area contributed by atoms with E-state index in [-0.39, 0.29) is 11.6 Å². The minimum atomic E-state index is -0.779. The molecule has 0 radical (unpaired) electrons. The maximum atomic E-state index is 13.0. The van der Waals surface area contributed by atoms with Gasteiger partial charge in [0.2, 0.25) is 6.10 Å². The molecule has 0 aliphatic carbocycles. The number of β-lactam (4-membered cyclic amide) rings is 1. The monoisotopic (exact) mass is 360 g/mol. The van der Waals surface area contributed by atoms with Crippen LogP contribution in [0.3, 0.4) is 0 Å². The van der Waals surface area contributed by atoms with Gasteiger partial charge in [-0.1, -0.05) is 0 Å². The lowest BCUT2D eigenvalue weighted by Crippen LogP contribution is -2.61. The van der Waals surface area contributed by atoms with Gasteiger partial charge in [0.1, 0.15) is 17.6 Å². The van der Waals surface area contributed by atoms with E-state index in [4.69, 9.17) is 9.47 Å². The van der Waals surface area contributed by atoms with Crippen LogP contribution in [0.5, 0.6) is 5.75 Å². The lowest BCUT2D eigenvalue weighted by Gasteiger charge is -2.46. The van der Waals surface area contributed by atoms with Crippen LogP contribution in [0, 0.1) is 15.9 Å². The van der Waals surface area contributed by atoms with Gasteiger partial charge in [-0.25, -0.2) is 4.39 Å². The summed E-state index contributed by atoms with van der Waals surface area (Å²) >= 11 is 0. The van der Waals surface area contributed by atoms with Gasteiger partial charge >= 0.3 is 0 Å². The average Bonchev–Trinajstić information content (AvgIpc) is 2.65. The summed E-state index contributed by atoms with van der Waals surface area (Å²) in [6.45, 7) is 0.735. The molecule has 3 rings (SSSR count). The second-order valence-corrected chi connectivity index (χ2v) is 5.81. The fourth-order valence-electron chi connectivity index (χ4n) is 2.88. The summed E-state index contributed by atoms with van der Waals surface area (Å²) in [6, 6.07) is 11.0. The normalized spacial score (nSPS) is 19.2. The van der Waals surface area contributed by atoms with E-state index in [0.717, 1.165) is 5.56 Å². The van der Waals surface area contributed by atoms with Crippen LogP contribution in [0.1, 0.15) is 11.6 Å². The molecule has 0 spiro atoms. The number of carbonyl (C=O) groups excluding carboxylic acids is 1. The van der Waals surface area contributed by atoms with E-state index in [0.29, 0.717) is 18.9 Å². The molecule has 1 fully saturated rings. The first-order valence-electron chi connectivity index (χ1n) is 7.97. The van der Waals surface area contributed by atoms with Crippen LogP contribution in [-0.2, 0) is 9.53 Å². The van der Waals surface area contributed by atoms with Gasteiger partial charge in [-0.15, -0.1) is 0 Å². The lowest BCUT2D eigenvalue weighted by molar-refractivity contribution is -0.384. The van der Waals surface area contributed by atoms with Crippen molar-refractivity contribution in [3.63, 3.8) is 0 Å². The number of nitro benzene ring substituents is 1. The highest BCUT2D eigenvalue weighted by molar-refractivity contribution is 5.89. The Labute approximate surface area is 149 Å². The first kappa shape index (κ1) is 17.8. The number of non-ortho nitro benzene ring substituents is 1. The molecule has 0 saturated carbocycles. The Morgan fingerprint density at radius 3 is 2.38 bits per heavy atom. The van der Waals surface area contributed by atoms with Gasteiger partial charge in [0.05, 0.1) is 11.5 Å². The van der Waals surface area contributed by atoms with E-state index in [1.807, 2.05) is 0 Å². The fourth-order valence-corrected chi connectivity index (χ4v) is 2.88. The summed E-state index contributed by atoms with van der Waals surface area (Å²) in [5, 5.41) is 10.8. The van der Waals surface area contributed by atoms with Crippen LogP contribution in [0.2, 0.25) is 0 Å². The van der Waals surface area contributed by atoms with Crippen LogP contribution in [0.15, 0.2) is 48.5 Å². The van der Waals surface area contributed by atoms with E-state index >= 15 is 0 Å². The van der Waals surface area contributed by atoms with Crippen molar-refractivity contribution in [3.05, 3.63) is 70.0 Å². The van der Waals surface area contributed by atoms with Crippen molar-refractivity contribution in [2.24, 2.45) is 0 Å². The molecule has 0 N–H and O–H groups in total. The maximum absolute atomic E-state index is 13.0. The van der Waals surface area contributed by atoms with Gasteiger partial charge < -0.3 is 14.4 Å². The van der Waals surface area contributed by atoms with E-state index in [1.54, 1.807) is 17.0 Å². The largest absolute Gasteiger partial charge is 0.478 e. The molecule has 1 heterocycles. The predicted octanol–water partition coefficient (Wildman–Crippen LogP) is 2.71. The zero-order valence-corrected chi connectivity index (χ0v) is 14.0. The molecular formula is C18H17FN2O5. The van der Waals surface area contributed by atoms with Crippen molar-refractivity contribution in [3.8, 4) is 5.75 Å². The summed E-state index contributed by atoms with van der Waals surface area (Å²) in [5.74, 6) is -0.233. The van der Waals surface area contributed by atoms with Crippen molar-refractivity contribution >= 4 is 11.6 Å². The number of halogens is 1. The molecule has 136 valence electrons. The Morgan fingerprint density at radius 2 is 1.81 bits per heavy atom. The number of rotatable bonds is 7. The summed E-state index contributed by atoms with van der Waals surface area (Å²) in [7, 11) is 1.54. The SMILES string of the molecule is COCCN1C(=O)[C@@H](Oc2ccc(F)cc2)[C@H]1c1ccc([N+](=O)[O-])cc1. The number of carbonyl (C=O) groups is 1. The standard InChI is InChI=1S/C18H17FN2O5/c1-25-11-10-20-16(12-2-6-14(7-3-12)21(23)24)17(18(20)22)26-15-8-4-13(19)5-9-15/h2-9,16-17H,10-11H2,1H3/t16-,17+/m1/s1. The Bertz CT molecular complexity index is 794. The Hall–Kier alpha value is -3.00. The number of amides is 1. The number of nitrogens with zero attached hydrogens (tertiary/aromatic N) is 2. The highest BCUT2D eigenvalue weighted by Gasteiger charge is 2.49. The van der Waals surface area contributed by atoms with Crippen LogP contribution < -0.4 is 4.74 Å². The molecule has 1 saturated heterocycles. The van der Waals surface area contributed by atoms with Gasteiger partial charge in [0.25, 0.3) is 11.6 Å². The van der Waals surface area contributed by atoms with E-state index in [2.05, 4.69) is 0 Å². The van der Waals surface area contributed by atoms with Crippen LogP contribution in [-0.4, -0.2) is 42.1 Å². The minimum Gasteiger partial charge on any atom is -0.478 e. The van der Waals surface area contributed by atoms with Crippen LogP contribution >= 0.6 is 0 Å². The third-order valence-corrected chi connectivity index (χ3v) is 4.21. The smallest absolute Gasteiger partial charge is 0.269 e. The summed E-state index contributed by atoms with van der Waals surface area (Å²) < 4.78 is 23.8. The molecule has 2 aromatic rings. The number of likely N-dealkylation sites (tertiary alicyclic amines) is 1. The van der Waals surface area contributed by atoms with Crippen molar-refractivity contribution < 1.29 is 23.6 Å². The zero-order chi connectivity index (χ0) is 18.7. The van der Waals surface area contributed by atoms with Crippen molar-refractivity contribution in [1.82, 2.24) is 4.90 Å². The Kier molecular flexibility index (Phi) is 5.13. The van der Waals surface area contributed by atoms with Crippen LogP contribution in [0.4, 0.5) is 10.1 Å². The zero-order valence-electron chi connectivity index (χ0n) is 14.0. The number of methoxy groups -OCH3 is 1. The number of hydrogen-bond donors (Lipinski definition) is 0. The second kappa shape index (κ2) is 7.49. The number of hydrogen-bond acceptors (Lipinski definition) is 5. The van der Waals surface area contributed by atoms with E-state index in [9.17, 15) is 19.3 Å². The molecule has 2 aromatic carbocycles. The van der Waals surface area contributed by atoms with Crippen molar-refractivity contribution in [2.75, 3.05) is 20.3 Å². The lowest BCUT2D eigenvalue weighted by atomic mass is 9.90. The molecule has 8 heteroatoms. The quantitative estimate of drug-likeness (QED) is 0.431. The number of nitro groups is 1. The van der Waals surface area contributed by atoms with Crippen LogP contribution in [0.25, 0.3) is 0 Å². The molecule has 7 nitrogen and oxygen atoms in total.